The van der Waals surface area contributed by atoms with Crippen molar-refractivity contribution in [2.24, 2.45) is 5.73 Å². The number of aromatic hydroxyl groups is 1. The van der Waals surface area contributed by atoms with E-state index in [1.807, 2.05) is 27.5 Å². The van der Waals surface area contributed by atoms with E-state index in [1.54, 1.807) is 12.1 Å². The number of phenols is 1. The molecule has 0 aromatic heterocycles. The van der Waals surface area contributed by atoms with Gasteiger partial charge in [0, 0.05) is 24.7 Å². The van der Waals surface area contributed by atoms with Gasteiger partial charge in [0.2, 0.25) is 0 Å². The average molecular weight is 360 g/mol. The normalized spacial score (nSPS) is 19.9. The van der Waals surface area contributed by atoms with Crippen LogP contribution in [0.25, 0.3) is 0 Å². The molecule has 18 heavy (non-hydrogen) atoms. The fourth-order valence-corrected chi connectivity index (χ4v) is 2.66. The highest BCUT2D eigenvalue weighted by molar-refractivity contribution is 14.1. The van der Waals surface area contributed by atoms with E-state index in [-0.39, 0.29) is 17.7 Å². The third kappa shape index (κ3) is 2.77. The maximum absolute atomic E-state index is 12.4. The van der Waals surface area contributed by atoms with Crippen molar-refractivity contribution >= 4 is 28.5 Å². The number of nitrogens with two attached hydrogens (primary N) is 1. The predicted octanol–water partition coefficient (Wildman–Crippen LogP) is 1.95. The van der Waals surface area contributed by atoms with Crippen molar-refractivity contribution in [2.75, 3.05) is 13.1 Å². The number of likely N-dealkylation sites (tertiary alicyclic amines) is 1. The summed E-state index contributed by atoms with van der Waals surface area (Å²) in [5.41, 5.74) is 6.25. The van der Waals surface area contributed by atoms with Gasteiger partial charge in [-0.1, -0.05) is 0 Å². The lowest BCUT2D eigenvalue weighted by Gasteiger charge is -2.35. The van der Waals surface area contributed by atoms with Crippen LogP contribution in [0.5, 0.6) is 5.75 Å². The number of rotatable bonds is 2. The Balaban J connectivity index is 2.21. The van der Waals surface area contributed by atoms with Gasteiger partial charge in [-0.3, -0.25) is 4.79 Å². The Bertz CT molecular complexity index is 451. The van der Waals surface area contributed by atoms with Crippen LogP contribution in [0.15, 0.2) is 18.2 Å². The monoisotopic (exact) mass is 360 g/mol. The molecule has 1 amide bonds. The molecule has 0 radical (unpaired) electrons. The summed E-state index contributed by atoms with van der Waals surface area (Å²) < 4.78 is 0.748. The number of amides is 1. The molecule has 1 aliphatic rings. The van der Waals surface area contributed by atoms with Gasteiger partial charge in [-0.05, 0) is 60.1 Å². The maximum atomic E-state index is 12.4. The van der Waals surface area contributed by atoms with E-state index in [0.29, 0.717) is 12.1 Å². The van der Waals surface area contributed by atoms with Crippen molar-refractivity contribution in [1.82, 2.24) is 4.90 Å². The average Bonchev–Trinajstić information content (AvgIpc) is 2.41. The minimum absolute atomic E-state index is 0.0307. The van der Waals surface area contributed by atoms with E-state index in [1.165, 1.54) is 6.07 Å². The molecule has 1 heterocycles. The first kappa shape index (κ1) is 13.6. The first-order chi connectivity index (χ1) is 8.63. The molecular weight excluding hydrogens is 343 g/mol. The van der Waals surface area contributed by atoms with E-state index < -0.39 is 0 Å². The van der Waals surface area contributed by atoms with Gasteiger partial charge in [0.1, 0.15) is 5.75 Å². The molecule has 1 saturated heterocycles. The van der Waals surface area contributed by atoms with Crippen molar-refractivity contribution in [3.8, 4) is 5.75 Å². The first-order valence-corrected chi connectivity index (χ1v) is 7.21. The molecule has 0 bridgehead atoms. The molecule has 1 atom stereocenters. The van der Waals surface area contributed by atoms with Crippen molar-refractivity contribution < 1.29 is 9.90 Å². The second kappa shape index (κ2) is 5.88. The first-order valence-electron chi connectivity index (χ1n) is 6.13. The number of hydrogen-bond acceptors (Lipinski definition) is 3. The van der Waals surface area contributed by atoms with Crippen LogP contribution in [-0.2, 0) is 0 Å². The van der Waals surface area contributed by atoms with Crippen LogP contribution < -0.4 is 5.73 Å². The lowest BCUT2D eigenvalue weighted by Crippen LogP contribution is -2.47. The van der Waals surface area contributed by atoms with Gasteiger partial charge in [0.15, 0.2) is 0 Å². The second-order valence-corrected chi connectivity index (χ2v) is 5.71. The summed E-state index contributed by atoms with van der Waals surface area (Å²) in [6, 6.07) is 5.18. The zero-order chi connectivity index (χ0) is 13.1. The molecule has 1 aromatic carbocycles. The molecule has 5 heteroatoms. The fraction of sp³-hybridized carbons (Fsp3) is 0.462. The number of benzene rings is 1. The summed E-state index contributed by atoms with van der Waals surface area (Å²) in [4.78, 5) is 14.2. The van der Waals surface area contributed by atoms with Gasteiger partial charge in [-0.15, -0.1) is 0 Å². The molecule has 3 N–H and O–H groups in total. The number of hydrogen-bond donors (Lipinski definition) is 2. The highest BCUT2D eigenvalue weighted by Gasteiger charge is 2.26. The van der Waals surface area contributed by atoms with Gasteiger partial charge in [0.25, 0.3) is 5.91 Å². The van der Waals surface area contributed by atoms with Gasteiger partial charge in [-0.2, -0.15) is 0 Å². The molecule has 1 aliphatic heterocycles. The molecule has 0 spiro atoms. The second-order valence-electron chi connectivity index (χ2n) is 4.55. The molecule has 1 fully saturated rings. The van der Waals surface area contributed by atoms with Gasteiger partial charge >= 0.3 is 0 Å². The topological polar surface area (TPSA) is 66.6 Å². The smallest absolute Gasteiger partial charge is 0.254 e. The summed E-state index contributed by atoms with van der Waals surface area (Å²) in [6.07, 6.45) is 3.13. The summed E-state index contributed by atoms with van der Waals surface area (Å²) in [5, 5.41) is 9.67. The Morgan fingerprint density at radius 2 is 2.28 bits per heavy atom. The fourth-order valence-electron chi connectivity index (χ4n) is 2.32. The number of carbonyl (C=O) groups excluding carboxylic acids is 1. The van der Waals surface area contributed by atoms with E-state index in [0.717, 1.165) is 29.4 Å². The molecule has 98 valence electrons. The van der Waals surface area contributed by atoms with Gasteiger partial charge in [-0.25, -0.2) is 0 Å². The number of halogens is 1. The number of nitrogens with zero attached hydrogens (tertiary/aromatic N) is 1. The van der Waals surface area contributed by atoms with Crippen molar-refractivity contribution in [3.05, 3.63) is 27.3 Å². The Morgan fingerprint density at radius 1 is 1.50 bits per heavy atom. The third-order valence-corrected chi connectivity index (χ3v) is 4.27. The minimum Gasteiger partial charge on any atom is -0.507 e. The van der Waals surface area contributed by atoms with Crippen LogP contribution in [0.1, 0.15) is 29.6 Å². The molecule has 2 rings (SSSR count). The van der Waals surface area contributed by atoms with Crippen LogP contribution in [-0.4, -0.2) is 35.0 Å². The summed E-state index contributed by atoms with van der Waals surface area (Å²) in [7, 11) is 0. The lowest BCUT2D eigenvalue weighted by molar-refractivity contribution is 0.0623. The molecule has 0 saturated carbocycles. The van der Waals surface area contributed by atoms with Crippen LogP contribution in [0.4, 0.5) is 0 Å². The van der Waals surface area contributed by atoms with Crippen molar-refractivity contribution in [2.45, 2.75) is 25.3 Å². The van der Waals surface area contributed by atoms with Crippen LogP contribution in [0.2, 0.25) is 0 Å². The SMILES string of the molecule is NCC1CCCCN1C(=O)c1ccc(I)c(O)c1. The van der Waals surface area contributed by atoms with Gasteiger partial charge < -0.3 is 15.7 Å². The number of carbonyl (C=O) groups is 1. The Kier molecular flexibility index (Phi) is 4.45. The molecule has 1 aromatic rings. The van der Waals surface area contributed by atoms with Crippen LogP contribution in [0.3, 0.4) is 0 Å². The highest BCUT2D eigenvalue weighted by atomic mass is 127. The quantitative estimate of drug-likeness (QED) is 0.793. The van der Waals surface area contributed by atoms with Crippen LogP contribution >= 0.6 is 22.6 Å². The molecule has 0 aliphatic carbocycles. The largest absolute Gasteiger partial charge is 0.507 e. The van der Waals surface area contributed by atoms with Crippen LogP contribution in [0, 0.1) is 3.57 Å². The molecule has 1 unspecified atom stereocenters. The highest BCUT2D eigenvalue weighted by Crippen LogP contribution is 2.24. The molecule has 4 nitrogen and oxygen atoms in total. The maximum Gasteiger partial charge on any atom is 0.254 e. The Morgan fingerprint density at radius 3 is 2.94 bits per heavy atom. The van der Waals surface area contributed by atoms with E-state index in [4.69, 9.17) is 5.73 Å². The standard InChI is InChI=1S/C13H17IN2O2/c14-11-5-4-9(7-12(11)17)13(18)16-6-2-1-3-10(16)8-15/h4-5,7,10,17H,1-3,6,8,15H2. The lowest BCUT2D eigenvalue weighted by atomic mass is 10.0. The van der Waals surface area contributed by atoms with E-state index >= 15 is 0 Å². The zero-order valence-corrected chi connectivity index (χ0v) is 12.3. The number of phenolic OH excluding ortho intramolecular Hbond substituents is 1. The van der Waals surface area contributed by atoms with Gasteiger partial charge in [0.05, 0.1) is 3.57 Å². The van der Waals surface area contributed by atoms with E-state index in [9.17, 15) is 9.90 Å². The van der Waals surface area contributed by atoms with Crippen molar-refractivity contribution in [3.63, 3.8) is 0 Å². The van der Waals surface area contributed by atoms with E-state index in [2.05, 4.69) is 0 Å². The zero-order valence-electron chi connectivity index (χ0n) is 10.1. The summed E-state index contributed by atoms with van der Waals surface area (Å²) in [5.74, 6) is 0.125. The Labute approximate surface area is 120 Å². The van der Waals surface area contributed by atoms with Crippen molar-refractivity contribution in [1.29, 1.82) is 0 Å². The Hall–Kier alpha value is -0.820. The number of piperidine rings is 1. The predicted molar refractivity (Wildman–Crippen MR) is 78.6 cm³/mol. The summed E-state index contributed by atoms with van der Waals surface area (Å²) >= 11 is 2.04. The third-order valence-electron chi connectivity index (χ3n) is 3.35. The molecular formula is C13H17IN2O2. The minimum atomic E-state index is -0.0307. The summed E-state index contributed by atoms with van der Waals surface area (Å²) in [6.45, 7) is 1.26.